The first-order chi connectivity index (χ1) is 9.46. The Labute approximate surface area is 123 Å². The van der Waals surface area contributed by atoms with Crippen LogP contribution in [0.5, 0.6) is 0 Å². The van der Waals surface area contributed by atoms with Crippen LogP contribution in [0.1, 0.15) is 59.8 Å². The molecule has 1 amide bonds. The van der Waals surface area contributed by atoms with E-state index in [2.05, 4.69) is 31.0 Å². The molecule has 0 aromatic rings. The molecular weight excluding hydrogens is 252 g/mol. The molecule has 2 fully saturated rings. The highest BCUT2D eigenvalue weighted by Crippen LogP contribution is 2.28. The van der Waals surface area contributed by atoms with Crippen molar-refractivity contribution < 1.29 is 9.53 Å². The van der Waals surface area contributed by atoms with Gasteiger partial charge in [0.1, 0.15) is 0 Å². The summed E-state index contributed by atoms with van der Waals surface area (Å²) in [5.74, 6) is 0.855. The van der Waals surface area contributed by atoms with E-state index in [9.17, 15) is 4.79 Å². The molecule has 0 aromatic carbocycles. The molecule has 2 saturated heterocycles. The first-order valence-electron chi connectivity index (χ1n) is 8.16. The monoisotopic (exact) mass is 282 g/mol. The summed E-state index contributed by atoms with van der Waals surface area (Å²) >= 11 is 0. The summed E-state index contributed by atoms with van der Waals surface area (Å²) in [5, 5.41) is 3.56. The zero-order valence-electron chi connectivity index (χ0n) is 13.4. The van der Waals surface area contributed by atoms with Crippen LogP contribution >= 0.6 is 0 Å². The van der Waals surface area contributed by atoms with Crippen molar-refractivity contribution in [3.63, 3.8) is 0 Å². The minimum absolute atomic E-state index is 0.189. The molecule has 0 spiro atoms. The van der Waals surface area contributed by atoms with Crippen molar-refractivity contribution in [2.75, 3.05) is 13.2 Å². The number of hydrogen-bond acceptors (Lipinski definition) is 3. The quantitative estimate of drug-likeness (QED) is 0.814. The second-order valence-corrected chi connectivity index (χ2v) is 6.90. The summed E-state index contributed by atoms with van der Waals surface area (Å²) in [4.78, 5) is 14.7. The van der Waals surface area contributed by atoms with E-state index in [1.165, 1.54) is 6.42 Å². The van der Waals surface area contributed by atoms with E-state index >= 15 is 0 Å². The van der Waals surface area contributed by atoms with E-state index < -0.39 is 0 Å². The second kappa shape index (κ2) is 6.44. The molecule has 2 rings (SSSR count). The lowest BCUT2D eigenvalue weighted by Crippen LogP contribution is -2.44. The summed E-state index contributed by atoms with van der Waals surface area (Å²) in [6.45, 7) is 10.3. The van der Waals surface area contributed by atoms with E-state index in [-0.39, 0.29) is 17.6 Å². The maximum Gasteiger partial charge on any atom is 0.243 e. The lowest BCUT2D eigenvalue weighted by atomic mass is 9.99. The molecule has 2 aliphatic rings. The fraction of sp³-hybridized carbons (Fsp3) is 0.938. The third-order valence-corrected chi connectivity index (χ3v) is 4.71. The van der Waals surface area contributed by atoms with Gasteiger partial charge in [0.05, 0.1) is 17.8 Å². The zero-order valence-corrected chi connectivity index (χ0v) is 13.4. The molecule has 20 heavy (non-hydrogen) atoms. The van der Waals surface area contributed by atoms with Gasteiger partial charge in [-0.1, -0.05) is 20.8 Å². The van der Waals surface area contributed by atoms with Crippen molar-refractivity contribution in [1.82, 2.24) is 10.2 Å². The third kappa shape index (κ3) is 3.34. The fourth-order valence-corrected chi connectivity index (χ4v) is 3.26. The molecule has 1 N–H and O–H groups in total. The van der Waals surface area contributed by atoms with Gasteiger partial charge in [-0.25, -0.2) is 0 Å². The molecule has 4 nitrogen and oxygen atoms in total. The summed E-state index contributed by atoms with van der Waals surface area (Å²) < 4.78 is 5.68. The molecule has 2 aliphatic heterocycles. The molecule has 3 atom stereocenters. The summed E-state index contributed by atoms with van der Waals surface area (Å²) in [6.07, 6.45) is 5.70. The predicted octanol–water partition coefficient (Wildman–Crippen LogP) is 2.53. The van der Waals surface area contributed by atoms with Gasteiger partial charge < -0.3 is 9.64 Å². The number of nitrogens with one attached hydrogen (secondary N) is 1. The number of ether oxygens (including phenoxy) is 1. The van der Waals surface area contributed by atoms with Gasteiger partial charge in [-0.15, -0.1) is 0 Å². The van der Waals surface area contributed by atoms with Gasteiger partial charge in [-0.2, -0.15) is 0 Å². The van der Waals surface area contributed by atoms with Crippen LogP contribution in [0.2, 0.25) is 0 Å². The Morgan fingerprint density at radius 1 is 1.50 bits per heavy atom. The van der Waals surface area contributed by atoms with Gasteiger partial charge in [-0.3, -0.25) is 10.1 Å². The fourth-order valence-electron chi connectivity index (χ4n) is 3.26. The molecule has 3 unspecified atom stereocenters. The van der Waals surface area contributed by atoms with E-state index in [0.717, 1.165) is 38.8 Å². The first-order valence-corrected chi connectivity index (χ1v) is 8.16. The smallest absolute Gasteiger partial charge is 0.243 e. The maximum atomic E-state index is 12.7. The van der Waals surface area contributed by atoms with Crippen molar-refractivity contribution in [3.05, 3.63) is 0 Å². The molecule has 0 bridgehead atoms. The SMILES string of the molecule is CCC1(C)NC(CC(C)C)N(CCC2CCCO2)C1=O. The molecule has 4 heteroatoms. The molecular formula is C16H30N2O2. The van der Waals surface area contributed by atoms with E-state index in [1.54, 1.807) is 0 Å². The van der Waals surface area contributed by atoms with Crippen LogP contribution < -0.4 is 5.32 Å². The van der Waals surface area contributed by atoms with Gasteiger partial charge in [0.15, 0.2) is 0 Å². The van der Waals surface area contributed by atoms with Crippen LogP contribution in [0.15, 0.2) is 0 Å². The number of carbonyl (C=O) groups is 1. The van der Waals surface area contributed by atoms with Gasteiger partial charge in [0, 0.05) is 13.2 Å². The lowest BCUT2D eigenvalue weighted by Gasteiger charge is -2.26. The van der Waals surface area contributed by atoms with Gasteiger partial charge in [-0.05, 0) is 44.9 Å². The largest absolute Gasteiger partial charge is 0.378 e. The Morgan fingerprint density at radius 3 is 2.80 bits per heavy atom. The zero-order chi connectivity index (χ0) is 14.8. The van der Waals surface area contributed by atoms with Crippen molar-refractivity contribution in [2.45, 2.75) is 77.6 Å². The molecule has 0 aliphatic carbocycles. The van der Waals surface area contributed by atoms with Crippen LogP contribution in [0.3, 0.4) is 0 Å². The van der Waals surface area contributed by atoms with E-state index in [4.69, 9.17) is 4.74 Å². The molecule has 0 saturated carbocycles. The number of hydrogen-bond donors (Lipinski definition) is 1. The van der Waals surface area contributed by atoms with Crippen LogP contribution in [0.4, 0.5) is 0 Å². The normalized spacial score (nSPS) is 34.5. The van der Waals surface area contributed by atoms with Gasteiger partial charge in [0.2, 0.25) is 5.91 Å². The highest BCUT2D eigenvalue weighted by atomic mass is 16.5. The van der Waals surface area contributed by atoms with Crippen molar-refractivity contribution in [2.24, 2.45) is 5.92 Å². The number of amides is 1. The van der Waals surface area contributed by atoms with Gasteiger partial charge >= 0.3 is 0 Å². The topological polar surface area (TPSA) is 41.6 Å². The van der Waals surface area contributed by atoms with Crippen LogP contribution in [0, 0.1) is 5.92 Å². The van der Waals surface area contributed by atoms with Gasteiger partial charge in [0.25, 0.3) is 0 Å². The highest BCUT2D eigenvalue weighted by molar-refractivity contribution is 5.88. The molecule has 116 valence electrons. The van der Waals surface area contributed by atoms with Crippen LogP contribution in [-0.4, -0.2) is 41.8 Å². The average molecular weight is 282 g/mol. The Bertz CT molecular complexity index is 339. The highest BCUT2D eigenvalue weighted by Gasteiger charge is 2.46. The van der Waals surface area contributed by atoms with Crippen molar-refractivity contribution >= 4 is 5.91 Å². The predicted molar refractivity (Wildman–Crippen MR) is 80.4 cm³/mol. The Balaban J connectivity index is 1.99. The minimum Gasteiger partial charge on any atom is -0.378 e. The van der Waals surface area contributed by atoms with E-state index in [1.807, 2.05) is 6.92 Å². The second-order valence-electron chi connectivity index (χ2n) is 6.90. The average Bonchev–Trinajstić information content (AvgIpc) is 2.97. The van der Waals surface area contributed by atoms with E-state index in [0.29, 0.717) is 12.0 Å². The van der Waals surface area contributed by atoms with Crippen molar-refractivity contribution in [3.8, 4) is 0 Å². The molecule has 2 heterocycles. The third-order valence-electron chi connectivity index (χ3n) is 4.71. The summed E-state index contributed by atoms with van der Waals surface area (Å²) in [6, 6.07) is 0. The number of nitrogens with zero attached hydrogens (tertiary/aromatic N) is 1. The number of rotatable bonds is 6. The Morgan fingerprint density at radius 2 is 2.25 bits per heavy atom. The van der Waals surface area contributed by atoms with Crippen LogP contribution in [0.25, 0.3) is 0 Å². The molecule has 0 aromatic heterocycles. The maximum absolute atomic E-state index is 12.7. The lowest BCUT2D eigenvalue weighted by molar-refractivity contribution is -0.133. The molecule has 0 radical (unpaired) electrons. The number of carbonyl (C=O) groups excluding carboxylic acids is 1. The van der Waals surface area contributed by atoms with Crippen molar-refractivity contribution in [1.29, 1.82) is 0 Å². The Kier molecular flexibility index (Phi) is 5.08. The first kappa shape index (κ1) is 15.8. The summed E-state index contributed by atoms with van der Waals surface area (Å²) in [7, 11) is 0. The van der Waals surface area contributed by atoms with Crippen LogP contribution in [-0.2, 0) is 9.53 Å². The summed E-state index contributed by atoms with van der Waals surface area (Å²) in [5.41, 5.74) is -0.379. The standard InChI is InChI=1S/C16H30N2O2/c1-5-16(4)15(19)18(14(17-16)11-12(2)3)9-8-13-7-6-10-20-13/h12-14,17H,5-11H2,1-4H3. The Hall–Kier alpha value is -0.610. The minimum atomic E-state index is -0.379.